The Morgan fingerprint density at radius 3 is 2.44 bits per heavy atom. The molecule has 2 heteroatoms. The van der Waals surface area contributed by atoms with Crippen LogP contribution >= 0.6 is 0 Å². The van der Waals surface area contributed by atoms with Gasteiger partial charge in [-0.25, -0.2) is 0 Å². The summed E-state index contributed by atoms with van der Waals surface area (Å²) < 4.78 is 5.62. The molecule has 1 heterocycles. The highest BCUT2D eigenvalue weighted by atomic mass is 16.5. The van der Waals surface area contributed by atoms with E-state index in [1.54, 1.807) is 0 Å². The lowest BCUT2D eigenvalue weighted by atomic mass is 9.96. The lowest BCUT2D eigenvalue weighted by Gasteiger charge is -2.27. The van der Waals surface area contributed by atoms with Gasteiger partial charge in [0.15, 0.2) is 0 Å². The zero-order valence-corrected chi connectivity index (χ0v) is 10.1. The molecule has 0 aliphatic carbocycles. The Hall–Kier alpha value is -0.860. The van der Waals surface area contributed by atoms with Gasteiger partial charge in [-0.2, -0.15) is 0 Å². The topological polar surface area (TPSA) is 29.5 Å². The first-order valence-electron chi connectivity index (χ1n) is 6.04. The van der Waals surface area contributed by atoms with E-state index < -0.39 is 6.10 Å². The predicted octanol–water partition coefficient (Wildman–Crippen LogP) is 2.91. The van der Waals surface area contributed by atoms with Crippen molar-refractivity contribution in [3.05, 3.63) is 34.9 Å². The molecule has 16 heavy (non-hydrogen) atoms. The lowest BCUT2D eigenvalue weighted by Crippen LogP contribution is -2.26. The normalized spacial score (nSPS) is 23.1. The van der Waals surface area contributed by atoms with Crippen molar-refractivity contribution in [3.8, 4) is 0 Å². The third-order valence-electron chi connectivity index (χ3n) is 3.15. The molecule has 1 N–H and O–H groups in total. The van der Waals surface area contributed by atoms with Crippen LogP contribution in [-0.2, 0) is 4.74 Å². The Kier molecular flexibility index (Phi) is 3.62. The molecule has 0 aromatic heterocycles. The second-order valence-electron chi connectivity index (χ2n) is 4.77. The minimum absolute atomic E-state index is 0.0186. The van der Waals surface area contributed by atoms with E-state index in [2.05, 4.69) is 32.0 Å². The average Bonchev–Trinajstić information content (AvgIpc) is 2.28. The first-order valence-corrected chi connectivity index (χ1v) is 6.04. The van der Waals surface area contributed by atoms with Crippen molar-refractivity contribution >= 4 is 0 Å². The first kappa shape index (κ1) is 11.6. The molecule has 2 nitrogen and oxygen atoms in total. The monoisotopic (exact) mass is 220 g/mol. The molecule has 2 atom stereocenters. The molecule has 0 amide bonds. The van der Waals surface area contributed by atoms with Gasteiger partial charge < -0.3 is 9.84 Å². The van der Waals surface area contributed by atoms with Crippen LogP contribution in [0.4, 0.5) is 0 Å². The van der Waals surface area contributed by atoms with Crippen LogP contribution in [0.3, 0.4) is 0 Å². The standard InChI is InChI=1S/C14H20O2/c1-10-7-11(2)9-12(8-10)14(15)13-5-3-4-6-16-13/h7-9,13-15H,3-6H2,1-2H3. The highest BCUT2D eigenvalue weighted by Crippen LogP contribution is 2.27. The predicted molar refractivity (Wildman–Crippen MR) is 64.5 cm³/mol. The smallest absolute Gasteiger partial charge is 0.105 e. The van der Waals surface area contributed by atoms with Crippen molar-refractivity contribution in [2.45, 2.75) is 45.3 Å². The van der Waals surface area contributed by atoms with Crippen molar-refractivity contribution in [1.82, 2.24) is 0 Å². The average molecular weight is 220 g/mol. The van der Waals surface area contributed by atoms with Crippen LogP contribution in [0.25, 0.3) is 0 Å². The fraction of sp³-hybridized carbons (Fsp3) is 0.571. The van der Waals surface area contributed by atoms with Crippen LogP contribution < -0.4 is 0 Å². The molecule has 1 aromatic carbocycles. The van der Waals surface area contributed by atoms with E-state index in [0.717, 1.165) is 31.4 Å². The molecular formula is C14H20O2. The molecular weight excluding hydrogens is 200 g/mol. The number of hydrogen-bond acceptors (Lipinski definition) is 2. The van der Waals surface area contributed by atoms with E-state index in [0.29, 0.717) is 0 Å². The number of hydrogen-bond donors (Lipinski definition) is 1. The maximum absolute atomic E-state index is 10.3. The van der Waals surface area contributed by atoms with Gasteiger partial charge in [0.25, 0.3) is 0 Å². The summed E-state index contributed by atoms with van der Waals surface area (Å²) in [5.74, 6) is 0. The van der Waals surface area contributed by atoms with Gasteiger partial charge in [0.1, 0.15) is 6.10 Å². The van der Waals surface area contributed by atoms with Crippen LogP contribution in [-0.4, -0.2) is 17.8 Å². The maximum Gasteiger partial charge on any atom is 0.105 e. The van der Waals surface area contributed by atoms with Gasteiger partial charge in [-0.3, -0.25) is 0 Å². The van der Waals surface area contributed by atoms with Crippen molar-refractivity contribution in [1.29, 1.82) is 0 Å². The van der Waals surface area contributed by atoms with Gasteiger partial charge in [-0.15, -0.1) is 0 Å². The van der Waals surface area contributed by atoms with Gasteiger partial charge in [-0.1, -0.05) is 29.3 Å². The van der Waals surface area contributed by atoms with E-state index in [-0.39, 0.29) is 6.10 Å². The summed E-state index contributed by atoms with van der Waals surface area (Å²) in [6.07, 6.45) is 2.75. The number of ether oxygens (including phenoxy) is 1. The zero-order chi connectivity index (χ0) is 11.5. The zero-order valence-electron chi connectivity index (χ0n) is 10.1. The van der Waals surface area contributed by atoms with Gasteiger partial charge in [-0.05, 0) is 38.7 Å². The molecule has 0 spiro atoms. The Morgan fingerprint density at radius 1 is 1.19 bits per heavy atom. The molecule has 0 bridgehead atoms. The number of aliphatic hydroxyl groups is 1. The lowest BCUT2D eigenvalue weighted by molar-refractivity contribution is -0.0633. The number of benzene rings is 1. The SMILES string of the molecule is Cc1cc(C)cc(C(O)C2CCCCO2)c1. The summed E-state index contributed by atoms with van der Waals surface area (Å²) in [5.41, 5.74) is 3.39. The first-order chi connectivity index (χ1) is 7.66. The molecule has 1 aromatic rings. The molecule has 0 saturated carbocycles. The van der Waals surface area contributed by atoms with Crippen molar-refractivity contribution in [3.63, 3.8) is 0 Å². The Morgan fingerprint density at radius 2 is 1.88 bits per heavy atom. The molecule has 88 valence electrons. The second-order valence-corrected chi connectivity index (χ2v) is 4.77. The second kappa shape index (κ2) is 4.98. The quantitative estimate of drug-likeness (QED) is 0.830. The molecule has 1 aliphatic heterocycles. The highest BCUT2D eigenvalue weighted by molar-refractivity contribution is 5.30. The fourth-order valence-corrected chi connectivity index (χ4v) is 2.41. The third-order valence-corrected chi connectivity index (χ3v) is 3.15. The van der Waals surface area contributed by atoms with Crippen LogP contribution in [0, 0.1) is 13.8 Å². The van der Waals surface area contributed by atoms with Gasteiger partial charge in [0.05, 0.1) is 6.10 Å². The van der Waals surface area contributed by atoms with E-state index in [9.17, 15) is 5.11 Å². The van der Waals surface area contributed by atoms with E-state index in [1.807, 2.05) is 0 Å². The van der Waals surface area contributed by atoms with Crippen molar-refractivity contribution < 1.29 is 9.84 Å². The highest BCUT2D eigenvalue weighted by Gasteiger charge is 2.24. The van der Waals surface area contributed by atoms with Crippen LogP contribution in [0.5, 0.6) is 0 Å². The summed E-state index contributed by atoms with van der Waals surface area (Å²) in [7, 11) is 0. The van der Waals surface area contributed by atoms with Crippen LogP contribution in [0.1, 0.15) is 42.1 Å². The Bertz CT molecular complexity index is 334. The molecule has 1 saturated heterocycles. The van der Waals surface area contributed by atoms with E-state index >= 15 is 0 Å². The largest absolute Gasteiger partial charge is 0.386 e. The summed E-state index contributed by atoms with van der Waals surface area (Å²) in [6, 6.07) is 6.23. The molecule has 2 unspecified atom stereocenters. The molecule has 2 rings (SSSR count). The summed E-state index contributed by atoms with van der Waals surface area (Å²) in [6.45, 7) is 4.91. The summed E-state index contributed by atoms with van der Waals surface area (Å²) >= 11 is 0. The van der Waals surface area contributed by atoms with Gasteiger partial charge in [0, 0.05) is 6.61 Å². The molecule has 0 radical (unpaired) electrons. The Balaban J connectivity index is 2.15. The number of rotatable bonds is 2. The van der Waals surface area contributed by atoms with Crippen molar-refractivity contribution in [2.75, 3.05) is 6.61 Å². The summed E-state index contributed by atoms with van der Waals surface area (Å²) in [4.78, 5) is 0. The number of aliphatic hydroxyl groups excluding tert-OH is 1. The van der Waals surface area contributed by atoms with E-state index in [4.69, 9.17) is 4.74 Å². The van der Waals surface area contributed by atoms with Gasteiger partial charge in [0.2, 0.25) is 0 Å². The minimum Gasteiger partial charge on any atom is -0.386 e. The minimum atomic E-state index is -0.473. The fourth-order valence-electron chi connectivity index (χ4n) is 2.41. The molecule has 1 fully saturated rings. The summed E-state index contributed by atoms with van der Waals surface area (Å²) in [5, 5.41) is 10.3. The van der Waals surface area contributed by atoms with Crippen LogP contribution in [0.2, 0.25) is 0 Å². The Labute approximate surface area is 97.3 Å². The maximum atomic E-state index is 10.3. The van der Waals surface area contributed by atoms with E-state index in [1.165, 1.54) is 11.1 Å². The van der Waals surface area contributed by atoms with Crippen LogP contribution in [0.15, 0.2) is 18.2 Å². The number of aryl methyl sites for hydroxylation is 2. The molecule has 1 aliphatic rings. The third kappa shape index (κ3) is 2.63. The van der Waals surface area contributed by atoms with Crippen molar-refractivity contribution in [2.24, 2.45) is 0 Å². The van der Waals surface area contributed by atoms with Gasteiger partial charge >= 0.3 is 0 Å².